The summed E-state index contributed by atoms with van der Waals surface area (Å²) < 4.78 is 2.10. The summed E-state index contributed by atoms with van der Waals surface area (Å²) in [5, 5.41) is 0. The van der Waals surface area contributed by atoms with E-state index in [1.807, 2.05) is 6.33 Å². The van der Waals surface area contributed by atoms with Crippen LogP contribution in [0.2, 0.25) is 0 Å². The van der Waals surface area contributed by atoms with Gasteiger partial charge in [-0.1, -0.05) is 6.08 Å². The number of hydrogen-bond donors (Lipinski definition) is 0. The van der Waals surface area contributed by atoms with Gasteiger partial charge in [0, 0.05) is 11.9 Å². The Morgan fingerprint density at radius 2 is 2.50 bits per heavy atom. The van der Waals surface area contributed by atoms with Crippen molar-refractivity contribution in [3.05, 3.63) is 23.8 Å². The molecule has 1 aromatic heterocycles. The number of imidazole rings is 1. The molecule has 1 aliphatic heterocycles. The van der Waals surface area contributed by atoms with Gasteiger partial charge in [-0.2, -0.15) is 0 Å². The van der Waals surface area contributed by atoms with E-state index >= 15 is 0 Å². The van der Waals surface area contributed by atoms with E-state index in [2.05, 4.69) is 28.8 Å². The van der Waals surface area contributed by atoms with E-state index in [9.17, 15) is 0 Å². The second-order valence-electron chi connectivity index (χ2n) is 2.61. The van der Waals surface area contributed by atoms with Crippen LogP contribution in [0, 0.1) is 6.92 Å². The lowest BCUT2D eigenvalue weighted by Crippen LogP contribution is -1.99. The van der Waals surface area contributed by atoms with Crippen LogP contribution in [-0.4, -0.2) is 9.55 Å². The van der Waals surface area contributed by atoms with Crippen LogP contribution < -0.4 is 0 Å². The van der Waals surface area contributed by atoms with E-state index in [4.69, 9.17) is 0 Å². The Balaban J connectivity index is 2.57. The maximum absolute atomic E-state index is 4.21. The number of aromatic nitrogens is 2. The number of fused-ring (bicyclic) bond motifs is 1. The van der Waals surface area contributed by atoms with Crippen LogP contribution in [0.1, 0.15) is 17.8 Å². The van der Waals surface area contributed by atoms with Crippen LogP contribution >= 0.6 is 0 Å². The minimum Gasteiger partial charge on any atom is -0.310 e. The average molecular weight is 134 g/mol. The fourth-order valence-electron chi connectivity index (χ4n) is 1.33. The molecule has 0 spiro atoms. The predicted octanol–water partition coefficient (Wildman–Crippen LogP) is 1.61. The first-order valence-electron chi connectivity index (χ1n) is 3.57. The zero-order chi connectivity index (χ0) is 6.97. The van der Waals surface area contributed by atoms with Gasteiger partial charge in [-0.3, -0.25) is 0 Å². The molecule has 0 fully saturated rings. The monoisotopic (exact) mass is 134 g/mol. The number of nitrogens with zero attached hydrogens (tertiary/aromatic N) is 2. The Morgan fingerprint density at radius 1 is 1.60 bits per heavy atom. The fraction of sp³-hybridized carbons (Fsp3) is 0.375. The Labute approximate surface area is 60.2 Å². The number of aryl methyl sites for hydroxylation is 1. The maximum Gasteiger partial charge on any atom is 0.0992 e. The summed E-state index contributed by atoms with van der Waals surface area (Å²) in [6, 6.07) is 0. The predicted molar refractivity (Wildman–Crippen MR) is 40.6 cm³/mol. The molecule has 2 rings (SSSR count). The molecule has 2 heterocycles. The van der Waals surface area contributed by atoms with Gasteiger partial charge in [0.25, 0.3) is 0 Å². The highest BCUT2D eigenvalue weighted by Gasteiger charge is 2.06. The number of hydrogen-bond acceptors (Lipinski definition) is 1. The second kappa shape index (κ2) is 1.97. The Morgan fingerprint density at radius 3 is 3.30 bits per heavy atom. The van der Waals surface area contributed by atoms with E-state index in [0.29, 0.717) is 0 Å². The van der Waals surface area contributed by atoms with E-state index in [0.717, 1.165) is 12.8 Å². The molecule has 0 aromatic carbocycles. The molecule has 0 radical (unpaired) electrons. The van der Waals surface area contributed by atoms with Gasteiger partial charge in [0.2, 0.25) is 0 Å². The summed E-state index contributed by atoms with van der Waals surface area (Å²) in [5.41, 5.74) is 2.53. The third-order valence-electron chi connectivity index (χ3n) is 1.92. The first kappa shape index (κ1) is 5.71. The minimum atomic E-state index is 1.14. The zero-order valence-corrected chi connectivity index (χ0v) is 6.04. The van der Waals surface area contributed by atoms with E-state index in [1.54, 1.807) is 0 Å². The molecule has 2 heteroatoms. The molecule has 10 heavy (non-hydrogen) atoms. The average Bonchev–Trinajstić information content (AvgIpc) is 2.34. The molecule has 2 nitrogen and oxygen atoms in total. The van der Waals surface area contributed by atoms with Crippen molar-refractivity contribution in [2.24, 2.45) is 0 Å². The summed E-state index contributed by atoms with van der Waals surface area (Å²) in [7, 11) is 0. The Bertz CT molecular complexity index is 271. The van der Waals surface area contributed by atoms with Crippen LogP contribution in [0.5, 0.6) is 0 Å². The van der Waals surface area contributed by atoms with Crippen molar-refractivity contribution in [3.8, 4) is 0 Å². The highest BCUT2D eigenvalue weighted by molar-refractivity contribution is 5.32. The second-order valence-corrected chi connectivity index (χ2v) is 2.61. The van der Waals surface area contributed by atoms with Gasteiger partial charge in [0.05, 0.1) is 12.0 Å². The van der Waals surface area contributed by atoms with Gasteiger partial charge in [0.15, 0.2) is 0 Å². The smallest absolute Gasteiger partial charge is 0.0992 e. The van der Waals surface area contributed by atoms with E-state index in [1.165, 1.54) is 11.4 Å². The normalized spacial score (nSPS) is 15.3. The standard InChI is InChI=1S/C8H10N2/c1-7-8-4-2-3-5-10(8)6-9-7/h3,5-6H,2,4H2,1H3. The van der Waals surface area contributed by atoms with Crippen molar-refractivity contribution in [1.29, 1.82) is 0 Å². The van der Waals surface area contributed by atoms with Gasteiger partial charge < -0.3 is 4.57 Å². The molecule has 0 N–H and O–H groups in total. The first-order chi connectivity index (χ1) is 4.88. The van der Waals surface area contributed by atoms with E-state index in [-0.39, 0.29) is 0 Å². The molecule has 1 aliphatic rings. The lowest BCUT2D eigenvalue weighted by molar-refractivity contribution is 0.868. The van der Waals surface area contributed by atoms with Gasteiger partial charge in [-0.15, -0.1) is 0 Å². The lowest BCUT2D eigenvalue weighted by Gasteiger charge is -2.06. The first-order valence-corrected chi connectivity index (χ1v) is 3.57. The van der Waals surface area contributed by atoms with Gasteiger partial charge in [0.1, 0.15) is 0 Å². The molecule has 0 atom stereocenters. The van der Waals surface area contributed by atoms with Crippen LogP contribution in [0.15, 0.2) is 12.4 Å². The molecule has 0 unspecified atom stereocenters. The van der Waals surface area contributed by atoms with Crippen molar-refractivity contribution in [2.75, 3.05) is 0 Å². The van der Waals surface area contributed by atoms with Crippen molar-refractivity contribution < 1.29 is 0 Å². The minimum absolute atomic E-state index is 1.14. The highest BCUT2D eigenvalue weighted by atomic mass is 15.0. The molecular formula is C8H10N2. The molecule has 1 aromatic rings. The van der Waals surface area contributed by atoms with Crippen LogP contribution in [-0.2, 0) is 6.42 Å². The quantitative estimate of drug-likeness (QED) is 0.527. The number of rotatable bonds is 0. The summed E-state index contributed by atoms with van der Waals surface area (Å²) >= 11 is 0. The fourth-order valence-corrected chi connectivity index (χ4v) is 1.33. The van der Waals surface area contributed by atoms with Crippen LogP contribution in [0.4, 0.5) is 0 Å². The maximum atomic E-state index is 4.21. The number of allylic oxidation sites excluding steroid dienone is 1. The third-order valence-corrected chi connectivity index (χ3v) is 1.92. The van der Waals surface area contributed by atoms with Crippen molar-refractivity contribution in [1.82, 2.24) is 9.55 Å². The molecule has 0 saturated heterocycles. The zero-order valence-electron chi connectivity index (χ0n) is 6.04. The summed E-state index contributed by atoms with van der Waals surface area (Å²) in [6.07, 6.45) is 8.43. The third kappa shape index (κ3) is 0.685. The molecule has 52 valence electrons. The van der Waals surface area contributed by atoms with Crippen LogP contribution in [0.25, 0.3) is 6.20 Å². The van der Waals surface area contributed by atoms with Crippen LogP contribution in [0.3, 0.4) is 0 Å². The Hall–Kier alpha value is -1.05. The van der Waals surface area contributed by atoms with Gasteiger partial charge in [-0.05, 0) is 19.8 Å². The van der Waals surface area contributed by atoms with Gasteiger partial charge >= 0.3 is 0 Å². The summed E-state index contributed by atoms with van der Waals surface area (Å²) in [5.74, 6) is 0. The van der Waals surface area contributed by atoms with Crippen molar-refractivity contribution in [2.45, 2.75) is 19.8 Å². The molecule has 0 saturated carbocycles. The van der Waals surface area contributed by atoms with Crippen molar-refractivity contribution in [3.63, 3.8) is 0 Å². The Kier molecular flexibility index (Phi) is 1.13. The highest BCUT2D eigenvalue weighted by Crippen LogP contribution is 2.13. The molecule has 0 amide bonds. The molecular weight excluding hydrogens is 124 g/mol. The SMILES string of the molecule is Cc1ncn2c1CCC=C2. The summed E-state index contributed by atoms with van der Waals surface area (Å²) in [4.78, 5) is 4.21. The van der Waals surface area contributed by atoms with Crippen molar-refractivity contribution >= 4 is 6.20 Å². The summed E-state index contributed by atoms with van der Waals surface area (Å²) in [6.45, 7) is 2.06. The lowest BCUT2D eigenvalue weighted by atomic mass is 10.2. The molecule has 0 bridgehead atoms. The van der Waals surface area contributed by atoms with E-state index < -0.39 is 0 Å². The molecule has 0 aliphatic carbocycles. The van der Waals surface area contributed by atoms with Gasteiger partial charge in [-0.25, -0.2) is 4.98 Å². The largest absolute Gasteiger partial charge is 0.310 e. The topological polar surface area (TPSA) is 17.8 Å².